The molecule has 3 saturated carbocycles. The molecule has 0 bridgehead atoms. The molecule has 15 heteroatoms. The van der Waals surface area contributed by atoms with Crippen LogP contribution in [0.15, 0.2) is 11.6 Å². The van der Waals surface area contributed by atoms with E-state index in [1.165, 1.54) is 0 Å². The van der Waals surface area contributed by atoms with Gasteiger partial charge in [0.1, 0.15) is 48.8 Å². The van der Waals surface area contributed by atoms with E-state index in [2.05, 4.69) is 26.8 Å². The summed E-state index contributed by atoms with van der Waals surface area (Å²) in [6, 6.07) is 0. The number of aliphatic hydroxyl groups excluding tert-OH is 9. The van der Waals surface area contributed by atoms with Gasteiger partial charge in [-0.25, -0.2) is 0 Å². The maximum atomic E-state index is 12.0. The minimum absolute atomic E-state index is 0.0625. The lowest BCUT2D eigenvalue weighted by molar-refractivity contribution is -0.324. The molecule has 6 fully saturated rings. The van der Waals surface area contributed by atoms with Crippen LogP contribution in [0.4, 0.5) is 0 Å². The molecule has 310 valence electrons. The van der Waals surface area contributed by atoms with Gasteiger partial charge >= 0.3 is 0 Å². The smallest absolute Gasteiger partial charge is 0.187 e. The van der Waals surface area contributed by atoms with E-state index in [1.807, 2.05) is 6.92 Å². The topological polar surface area (TPSA) is 248 Å². The van der Waals surface area contributed by atoms with Crippen molar-refractivity contribution < 1.29 is 74.7 Å². The third-order valence-corrected chi connectivity index (χ3v) is 15.4. The number of rotatable bonds is 10. The fraction of sp³-hybridized carbons (Fsp3) is 0.949. The monoisotopic (exact) mass is 772 g/mol. The number of allylic oxidation sites excluding steroid dienone is 1. The number of hydrogen-bond acceptors (Lipinski definition) is 15. The van der Waals surface area contributed by atoms with E-state index >= 15 is 0 Å². The average Bonchev–Trinajstić information content (AvgIpc) is 3.58. The SMILES string of the molecule is C[C@H](CC[C@@]1(O)O[C@H]2C[C@H]3[C@@H]4CC=C5C[C@@H](O)C[C@@H](O[C@@H]6O[C@H](CO)[C@H](O)[C@H](O)[C@H]6O)[C@]5(C)[C@H]4CC[C@]3(C)[C@@H]2[C@@H]1C)CO[C@@H]1O[C@H](CO)[C@@H](O)[C@H](O)[C@H]1O. The zero-order chi connectivity index (χ0) is 39.1. The second-order valence-electron chi connectivity index (χ2n) is 18.3. The first-order valence-corrected chi connectivity index (χ1v) is 20.1. The van der Waals surface area contributed by atoms with Gasteiger partial charge in [0.2, 0.25) is 0 Å². The van der Waals surface area contributed by atoms with Gasteiger partial charge in [0, 0.05) is 24.2 Å². The van der Waals surface area contributed by atoms with Gasteiger partial charge in [-0.15, -0.1) is 0 Å². The largest absolute Gasteiger partial charge is 0.394 e. The predicted octanol–water partition coefficient (Wildman–Crippen LogP) is -0.712. The van der Waals surface area contributed by atoms with Gasteiger partial charge in [-0.2, -0.15) is 0 Å². The molecule has 3 saturated heterocycles. The zero-order valence-corrected chi connectivity index (χ0v) is 31.8. The minimum Gasteiger partial charge on any atom is -0.394 e. The maximum Gasteiger partial charge on any atom is 0.187 e. The highest BCUT2D eigenvalue weighted by atomic mass is 16.7. The van der Waals surface area contributed by atoms with Crippen LogP contribution in [0.25, 0.3) is 0 Å². The summed E-state index contributed by atoms with van der Waals surface area (Å²) in [7, 11) is 0. The Morgan fingerprint density at radius 2 is 1.48 bits per heavy atom. The molecule has 0 aromatic heterocycles. The van der Waals surface area contributed by atoms with Gasteiger partial charge in [-0.3, -0.25) is 0 Å². The van der Waals surface area contributed by atoms with E-state index < -0.39 is 98.0 Å². The summed E-state index contributed by atoms with van der Waals surface area (Å²) in [5.74, 6) is -0.566. The predicted molar refractivity (Wildman–Crippen MR) is 188 cm³/mol. The summed E-state index contributed by atoms with van der Waals surface area (Å²) in [6.07, 6.45) is -7.41. The lowest BCUT2D eigenvalue weighted by Crippen LogP contribution is -2.62. The zero-order valence-electron chi connectivity index (χ0n) is 31.8. The first-order valence-electron chi connectivity index (χ1n) is 20.1. The fourth-order valence-electron chi connectivity index (χ4n) is 12.2. The van der Waals surface area contributed by atoms with E-state index in [4.69, 9.17) is 23.7 Å². The molecule has 3 aliphatic heterocycles. The highest BCUT2D eigenvalue weighted by Crippen LogP contribution is 2.70. The molecule has 7 rings (SSSR count). The van der Waals surface area contributed by atoms with Crippen molar-refractivity contribution >= 4 is 0 Å². The molecular formula is C39H64O15. The standard InChI is InChI=1S/C39H64O15/c1-17(16-50-35-33(47)31(45)29(43)25(14-40)51-35)7-10-39(49)18(2)28-24(54-39)13-23-21-6-5-19-11-20(42)12-27(38(19,4)22(21)8-9-37(23,28)3)53-36-34(48)32(46)30(44)26(15-41)52-36/h5,17-18,20-36,40-49H,6-16H2,1-4H3/t17-,18+,20-,21-,22+,23+,24+,25-,26-,27-,28-,29-,30+,31+,32+,33-,34-,35-,36+,37+,38+,39-/m1/s1. The van der Waals surface area contributed by atoms with Gasteiger partial charge < -0.3 is 74.7 Å². The van der Waals surface area contributed by atoms with Crippen LogP contribution >= 0.6 is 0 Å². The van der Waals surface area contributed by atoms with E-state index in [-0.39, 0.29) is 41.8 Å². The Hall–Kier alpha value is -0.860. The van der Waals surface area contributed by atoms with Gasteiger partial charge in [0.25, 0.3) is 0 Å². The van der Waals surface area contributed by atoms with Crippen LogP contribution in [0.5, 0.6) is 0 Å². The Bertz CT molecular complexity index is 1350. The lowest BCUT2D eigenvalue weighted by atomic mass is 9.46. The van der Waals surface area contributed by atoms with Crippen molar-refractivity contribution in [1.29, 1.82) is 0 Å². The Labute approximate surface area is 316 Å². The molecule has 15 nitrogen and oxygen atoms in total. The van der Waals surface area contributed by atoms with Crippen LogP contribution in [0.2, 0.25) is 0 Å². The molecule has 4 aliphatic carbocycles. The molecule has 0 aromatic carbocycles. The summed E-state index contributed by atoms with van der Waals surface area (Å²) >= 11 is 0. The molecule has 22 atom stereocenters. The van der Waals surface area contributed by atoms with E-state index in [1.54, 1.807) is 0 Å². The Balaban J connectivity index is 1.01. The summed E-state index contributed by atoms with van der Waals surface area (Å²) in [4.78, 5) is 0. The van der Waals surface area contributed by atoms with E-state index in [0.717, 1.165) is 31.3 Å². The molecule has 0 unspecified atom stereocenters. The quantitative estimate of drug-likeness (QED) is 0.123. The van der Waals surface area contributed by atoms with Crippen molar-refractivity contribution in [2.75, 3.05) is 19.8 Å². The highest BCUT2D eigenvalue weighted by Gasteiger charge is 2.68. The molecule has 0 spiro atoms. The molecule has 10 N–H and O–H groups in total. The molecule has 0 aromatic rings. The fourth-order valence-corrected chi connectivity index (χ4v) is 12.2. The Morgan fingerprint density at radius 3 is 2.13 bits per heavy atom. The molecule has 0 radical (unpaired) electrons. The van der Waals surface area contributed by atoms with Crippen LogP contribution in [0.3, 0.4) is 0 Å². The van der Waals surface area contributed by atoms with Gasteiger partial charge in [0.05, 0.1) is 38.1 Å². The molecular weight excluding hydrogens is 708 g/mol. The summed E-state index contributed by atoms with van der Waals surface area (Å²) in [6.45, 7) is 7.67. The highest BCUT2D eigenvalue weighted by molar-refractivity contribution is 5.28. The van der Waals surface area contributed by atoms with Crippen LogP contribution in [0.1, 0.15) is 79.1 Å². The van der Waals surface area contributed by atoms with E-state index in [9.17, 15) is 51.1 Å². The van der Waals surface area contributed by atoms with Gasteiger partial charge in [0.15, 0.2) is 18.4 Å². The molecule has 54 heavy (non-hydrogen) atoms. The van der Waals surface area contributed by atoms with Crippen molar-refractivity contribution in [2.24, 2.45) is 46.3 Å². The lowest BCUT2D eigenvalue weighted by Gasteiger charge is -2.60. The minimum atomic E-state index is -1.56. The number of aliphatic hydroxyl groups is 10. The van der Waals surface area contributed by atoms with Crippen LogP contribution in [-0.4, -0.2) is 156 Å². The average molecular weight is 773 g/mol. The molecule has 7 aliphatic rings. The molecule has 3 heterocycles. The Kier molecular flexibility index (Phi) is 11.8. The van der Waals surface area contributed by atoms with Gasteiger partial charge in [-0.05, 0) is 73.5 Å². The summed E-state index contributed by atoms with van der Waals surface area (Å²) < 4.78 is 30.1. The third-order valence-electron chi connectivity index (χ3n) is 15.4. The number of ether oxygens (including phenoxy) is 5. The first-order chi connectivity index (χ1) is 25.5. The second kappa shape index (κ2) is 15.4. The van der Waals surface area contributed by atoms with Crippen molar-refractivity contribution in [1.82, 2.24) is 0 Å². The van der Waals surface area contributed by atoms with E-state index in [0.29, 0.717) is 37.5 Å². The van der Waals surface area contributed by atoms with Crippen molar-refractivity contribution in [2.45, 2.75) is 165 Å². The van der Waals surface area contributed by atoms with Crippen LogP contribution < -0.4 is 0 Å². The third kappa shape index (κ3) is 6.74. The Morgan fingerprint density at radius 1 is 0.852 bits per heavy atom. The summed E-state index contributed by atoms with van der Waals surface area (Å²) in [5, 5.41) is 104. The first kappa shape index (κ1) is 41.3. The van der Waals surface area contributed by atoms with Crippen LogP contribution in [0, 0.1) is 46.3 Å². The number of fused-ring (bicyclic) bond motifs is 7. The second-order valence-corrected chi connectivity index (χ2v) is 18.3. The van der Waals surface area contributed by atoms with Crippen molar-refractivity contribution in [3.63, 3.8) is 0 Å². The molecule has 0 amide bonds. The van der Waals surface area contributed by atoms with Crippen LogP contribution in [-0.2, 0) is 23.7 Å². The van der Waals surface area contributed by atoms with Crippen molar-refractivity contribution in [3.05, 3.63) is 11.6 Å². The van der Waals surface area contributed by atoms with Gasteiger partial charge in [-0.1, -0.05) is 39.3 Å². The summed E-state index contributed by atoms with van der Waals surface area (Å²) in [5.41, 5.74) is 0.556. The van der Waals surface area contributed by atoms with Crippen molar-refractivity contribution in [3.8, 4) is 0 Å². The number of hydrogen-bond donors (Lipinski definition) is 10. The maximum absolute atomic E-state index is 12.0. The normalized spacial score (nSPS) is 55.0.